The van der Waals surface area contributed by atoms with Crippen molar-refractivity contribution in [2.75, 3.05) is 7.11 Å². The van der Waals surface area contributed by atoms with E-state index in [9.17, 15) is 9.59 Å². The fourth-order valence-electron chi connectivity index (χ4n) is 2.64. The van der Waals surface area contributed by atoms with Gasteiger partial charge >= 0.3 is 5.97 Å². The first-order chi connectivity index (χ1) is 9.84. The molecule has 0 unspecified atom stereocenters. The van der Waals surface area contributed by atoms with Gasteiger partial charge in [0.25, 0.3) is 0 Å². The van der Waals surface area contributed by atoms with E-state index in [-0.39, 0.29) is 12.4 Å². The van der Waals surface area contributed by atoms with E-state index in [1.165, 1.54) is 0 Å². The molecule has 0 amide bonds. The summed E-state index contributed by atoms with van der Waals surface area (Å²) >= 11 is 0. The number of aldehydes is 1. The van der Waals surface area contributed by atoms with E-state index in [0.29, 0.717) is 12.8 Å². The van der Waals surface area contributed by atoms with E-state index >= 15 is 0 Å². The molecule has 116 valence electrons. The molecular formula is C17H24O4. The van der Waals surface area contributed by atoms with Crippen LogP contribution in [0.5, 0.6) is 0 Å². The van der Waals surface area contributed by atoms with E-state index in [0.717, 1.165) is 24.5 Å². The molecule has 21 heavy (non-hydrogen) atoms. The number of rotatable bonds is 3. The van der Waals surface area contributed by atoms with Crippen molar-refractivity contribution < 1.29 is 19.4 Å². The molecule has 0 fully saturated rings. The average Bonchev–Trinajstić information content (AvgIpc) is 2.77. The Morgan fingerprint density at radius 1 is 1.24 bits per heavy atom. The fourth-order valence-corrected chi connectivity index (χ4v) is 2.64. The largest absolute Gasteiger partial charge is 0.460 e. The van der Waals surface area contributed by atoms with Crippen molar-refractivity contribution in [3.05, 3.63) is 35.4 Å². The lowest BCUT2D eigenvalue weighted by Gasteiger charge is -2.25. The Bertz CT molecular complexity index is 475. The maximum atomic E-state index is 11.9. The number of benzene rings is 1. The molecule has 1 aliphatic rings. The van der Waals surface area contributed by atoms with Gasteiger partial charge in [0.05, 0.1) is 6.42 Å². The number of esters is 1. The minimum Gasteiger partial charge on any atom is -0.460 e. The highest BCUT2D eigenvalue weighted by Gasteiger charge is 2.40. The molecule has 1 aromatic carbocycles. The van der Waals surface area contributed by atoms with E-state index in [4.69, 9.17) is 9.84 Å². The highest BCUT2D eigenvalue weighted by Crippen LogP contribution is 2.38. The summed E-state index contributed by atoms with van der Waals surface area (Å²) in [5.41, 5.74) is 1.20. The Morgan fingerprint density at radius 2 is 1.71 bits per heavy atom. The van der Waals surface area contributed by atoms with Crippen LogP contribution in [0.25, 0.3) is 0 Å². The fraction of sp³-hybridized carbons (Fsp3) is 0.529. The lowest BCUT2D eigenvalue weighted by molar-refractivity contribution is -0.158. The molecule has 0 saturated heterocycles. The molecule has 0 aliphatic heterocycles. The minimum atomic E-state index is -0.619. The topological polar surface area (TPSA) is 63.6 Å². The molecule has 1 aliphatic carbocycles. The van der Waals surface area contributed by atoms with Crippen LogP contribution in [0.3, 0.4) is 0 Å². The smallest absolute Gasteiger partial charge is 0.307 e. The number of aliphatic hydroxyl groups excluding tert-OH is 1. The van der Waals surface area contributed by atoms with Crippen LogP contribution in [-0.2, 0) is 27.2 Å². The standard InChI is InChI=1S/C16H20O3.CH4O/c1-15(2,3)19-14(18)10-16(11-17)8-12-6-4-5-7-13(12)9-16;1-2/h4-7,11H,8-10H2,1-3H3;2H,1H3. The number of aliphatic hydroxyl groups is 1. The third-order valence-electron chi connectivity index (χ3n) is 3.37. The van der Waals surface area contributed by atoms with Gasteiger partial charge in [0.15, 0.2) is 0 Å². The SMILES string of the molecule is CC(C)(C)OC(=O)CC1(C=O)Cc2ccccc2C1.CO. The predicted octanol–water partition coefficient (Wildman–Crippen LogP) is 2.31. The Balaban J connectivity index is 0.00000106. The number of fused-ring (bicyclic) bond motifs is 1. The predicted molar refractivity (Wildman–Crippen MR) is 81.0 cm³/mol. The van der Waals surface area contributed by atoms with Gasteiger partial charge in [-0.1, -0.05) is 24.3 Å². The molecule has 0 atom stereocenters. The van der Waals surface area contributed by atoms with Gasteiger partial charge in [0.1, 0.15) is 11.9 Å². The summed E-state index contributed by atoms with van der Waals surface area (Å²) in [5.74, 6) is -0.299. The lowest BCUT2D eigenvalue weighted by Crippen LogP contribution is -2.32. The molecule has 0 bridgehead atoms. The van der Waals surface area contributed by atoms with Crippen LogP contribution in [0.1, 0.15) is 38.3 Å². The molecule has 0 spiro atoms. The summed E-state index contributed by atoms with van der Waals surface area (Å²) < 4.78 is 5.33. The normalized spacial score (nSPS) is 15.5. The third kappa shape index (κ3) is 4.67. The summed E-state index contributed by atoms with van der Waals surface area (Å²) in [6.45, 7) is 5.51. The van der Waals surface area contributed by atoms with Crippen molar-refractivity contribution in [1.29, 1.82) is 0 Å². The summed E-state index contributed by atoms with van der Waals surface area (Å²) in [6.07, 6.45) is 2.34. The number of hydrogen-bond acceptors (Lipinski definition) is 4. The summed E-state index contributed by atoms with van der Waals surface area (Å²) in [6, 6.07) is 7.98. The van der Waals surface area contributed by atoms with Crippen LogP contribution in [0.2, 0.25) is 0 Å². The Kier molecular flexibility index (Phi) is 5.67. The Morgan fingerprint density at radius 3 is 2.10 bits per heavy atom. The zero-order valence-electron chi connectivity index (χ0n) is 13.2. The molecule has 4 heteroatoms. The van der Waals surface area contributed by atoms with Gasteiger partial charge in [-0.3, -0.25) is 4.79 Å². The van der Waals surface area contributed by atoms with Crippen LogP contribution in [0.4, 0.5) is 0 Å². The molecule has 1 aromatic rings. The van der Waals surface area contributed by atoms with Gasteiger partial charge in [-0.15, -0.1) is 0 Å². The molecule has 0 saturated carbocycles. The van der Waals surface area contributed by atoms with Crippen molar-refractivity contribution in [2.24, 2.45) is 5.41 Å². The second-order valence-electron chi connectivity index (χ2n) is 6.37. The van der Waals surface area contributed by atoms with Gasteiger partial charge in [-0.05, 0) is 44.7 Å². The number of carbonyl (C=O) groups excluding carboxylic acids is 2. The average molecular weight is 292 g/mol. The molecular weight excluding hydrogens is 268 g/mol. The molecule has 0 heterocycles. The highest BCUT2D eigenvalue weighted by molar-refractivity contribution is 5.77. The van der Waals surface area contributed by atoms with Gasteiger partial charge < -0.3 is 14.6 Å². The van der Waals surface area contributed by atoms with E-state index < -0.39 is 11.0 Å². The number of carbonyl (C=O) groups is 2. The second-order valence-corrected chi connectivity index (χ2v) is 6.37. The maximum Gasteiger partial charge on any atom is 0.307 e. The Hall–Kier alpha value is -1.68. The van der Waals surface area contributed by atoms with Gasteiger partial charge in [0.2, 0.25) is 0 Å². The molecule has 0 radical (unpaired) electrons. The van der Waals surface area contributed by atoms with Crippen LogP contribution < -0.4 is 0 Å². The highest BCUT2D eigenvalue weighted by atomic mass is 16.6. The van der Waals surface area contributed by atoms with Crippen LogP contribution in [-0.4, -0.2) is 30.1 Å². The third-order valence-corrected chi connectivity index (χ3v) is 3.37. The first-order valence-electron chi connectivity index (χ1n) is 7.03. The van der Waals surface area contributed by atoms with Gasteiger partial charge in [-0.25, -0.2) is 0 Å². The van der Waals surface area contributed by atoms with Gasteiger partial charge in [0, 0.05) is 12.5 Å². The molecule has 0 aromatic heterocycles. The van der Waals surface area contributed by atoms with E-state index in [1.54, 1.807) is 0 Å². The molecule has 4 nitrogen and oxygen atoms in total. The number of hydrogen-bond donors (Lipinski definition) is 1. The van der Waals surface area contributed by atoms with Crippen molar-refractivity contribution >= 4 is 12.3 Å². The quantitative estimate of drug-likeness (QED) is 0.686. The van der Waals surface area contributed by atoms with Crippen LogP contribution in [0, 0.1) is 5.41 Å². The summed E-state index contributed by atoms with van der Waals surface area (Å²) in [7, 11) is 1.00. The van der Waals surface area contributed by atoms with E-state index in [1.807, 2.05) is 45.0 Å². The molecule has 1 N–H and O–H groups in total. The number of ether oxygens (including phenoxy) is 1. The monoisotopic (exact) mass is 292 g/mol. The first-order valence-corrected chi connectivity index (χ1v) is 7.03. The zero-order valence-corrected chi connectivity index (χ0v) is 13.2. The van der Waals surface area contributed by atoms with Crippen molar-refractivity contribution in [3.63, 3.8) is 0 Å². The van der Waals surface area contributed by atoms with Gasteiger partial charge in [-0.2, -0.15) is 0 Å². The summed E-state index contributed by atoms with van der Waals surface area (Å²) in [5, 5.41) is 7.00. The maximum absolute atomic E-state index is 11.9. The molecule has 2 rings (SSSR count). The zero-order chi connectivity index (χ0) is 16.1. The second kappa shape index (κ2) is 6.85. The van der Waals surface area contributed by atoms with Crippen molar-refractivity contribution in [2.45, 2.75) is 45.6 Å². The van der Waals surface area contributed by atoms with Crippen LogP contribution >= 0.6 is 0 Å². The minimum absolute atomic E-state index is 0.155. The first kappa shape index (κ1) is 17.4. The van der Waals surface area contributed by atoms with Crippen LogP contribution in [0.15, 0.2) is 24.3 Å². The van der Waals surface area contributed by atoms with E-state index in [2.05, 4.69) is 0 Å². The Labute approximate surface area is 126 Å². The van der Waals surface area contributed by atoms with Crippen molar-refractivity contribution in [1.82, 2.24) is 0 Å². The summed E-state index contributed by atoms with van der Waals surface area (Å²) in [4.78, 5) is 23.4. The van der Waals surface area contributed by atoms with Crippen molar-refractivity contribution in [3.8, 4) is 0 Å². The lowest BCUT2D eigenvalue weighted by atomic mass is 9.83.